The lowest BCUT2D eigenvalue weighted by atomic mass is 10.0. The summed E-state index contributed by atoms with van der Waals surface area (Å²) < 4.78 is 43.0. The van der Waals surface area contributed by atoms with E-state index in [-0.39, 0.29) is 32.6 Å². The van der Waals surface area contributed by atoms with E-state index in [1.807, 2.05) is 6.92 Å². The summed E-state index contributed by atoms with van der Waals surface area (Å²) in [4.78, 5) is 56.6. The Balaban J connectivity index is 2.04. The molecule has 1 fully saturated rings. The first-order valence-electron chi connectivity index (χ1n) is 11.8. The zero-order chi connectivity index (χ0) is 27.2. The lowest BCUT2D eigenvalue weighted by Gasteiger charge is -2.33. The zero-order valence-electron chi connectivity index (χ0n) is 20.9. The van der Waals surface area contributed by atoms with Crippen LogP contribution >= 0.6 is 11.3 Å². The molecule has 3 heterocycles. The monoisotopic (exact) mass is 536 g/mol. The maximum absolute atomic E-state index is 13.9. The highest BCUT2D eigenvalue weighted by Gasteiger charge is 2.35. The van der Waals surface area contributed by atoms with Crippen LogP contribution in [0.2, 0.25) is 0 Å². The van der Waals surface area contributed by atoms with Crippen LogP contribution < -0.4 is 11.2 Å². The minimum absolute atomic E-state index is 0.0553. The number of hydrogen-bond donors (Lipinski definition) is 0. The standard InChI is InChI=1S/C25H27F3N4O4S/c1-14-9-7-8-12-30(14)18(33)13-31-23-19(15(2)20(37-23)22(35)29(3)4)21(34)32(24(31)36)17-11-6-5-10-16(17)25(26,27)28/h5-6,10-11,14H,7-9,12-13H2,1-4H3/t14-/m1/s1. The minimum Gasteiger partial charge on any atom is -0.344 e. The third-order valence-corrected chi connectivity index (χ3v) is 7.98. The molecule has 4 rings (SSSR count). The molecule has 0 saturated carbocycles. The van der Waals surface area contributed by atoms with Crippen molar-refractivity contribution in [2.75, 3.05) is 20.6 Å². The van der Waals surface area contributed by atoms with Gasteiger partial charge < -0.3 is 9.80 Å². The van der Waals surface area contributed by atoms with Crippen LogP contribution in [0.1, 0.15) is 47.0 Å². The van der Waals surface area contributed by atoms with Gasteiger partial charge in [-0.05, 0) is 50.8 Å². The number of aromatic nitrogens is 2. The van der Waals surface area contributed by atoms with E-state index in [9.17, 15) is 32.3 Å². The fraction of sp³-hybridized carbons (Fsp3) is 0.440. The molecule has 1 aliphatic heterocycles. The minimum atomic E-state index is -4.84. The van der Waals surface area contributed by atoms with Crippen molar-refractivity contribution in [1.82, 2.24) is 18.9 Å². The Labute approximate surface area is 214 Å². The van der Waals surface area contributed by atoms with Crippen LogP contribution in [0.5, 0.6) is 0 Å². The predicted octanol–water partition coefficient (Wildman–Crippen LogP) is 3.64. The van der Waals surface area contributed by atoms with Gasteiger partial charge in [0, 0.05) is 26.7 Å². The molecule has 0 aliphatic carbocycles. The molecule has 0 N–H and O–H groups in total. The molecule has 1 atom stereocenters. The number of hydrogen-bond acceptors (Lipinski definition) is 5. The fourth-order valence-corrected chi connectivity index (χ4v) is 6.02. The second-order valence-electron chi connectivity index (χ2n) is 9.39. The highest BCUT2D eigenvalue weighted by atomic mass is 32.1. The molecule has 0 bridgehead atoms. The van der Waals surface area contributed by atoms with Gasteiger partial charge in [-0.2, -0.15) is 13.2 Å². The van der Waals surface area contributed by atoms with Crippen molar-refractivity contribution < 1.29 is 22.8 Å². The van der Waals surface area contributed by atoms with Gasteiger partial charge in [0.25, 0.3) is 11.5 Å². The molecule has 1 aromatic carbocycles. The quantitative estimate of drug-likeness (QED) is 0.510. The van der Waals surface area contributed by atoms with E-state index in [0.29, 0.717) is 11.1 Å². The molecule has 1 saturated heterocycles. The Kier molecular flexibility index (Phi) is 7.06. The summed E-state index contributed by atoms with van der Waals surface area (Å²) in [5.41, 5.74) is -3.59. The van der Waals surface area contributed by atoms with Gasteiger partial charge in [-0.15, -0.1) is 11.3 Å². The van der Waals surface area contributed by atoms with Crippen molar-refractivity contribution in [3.63, 3.8) is 0 Å². The van der Waals surface area contributed by atoms with E-state index in [0.717, 1.165) is 47.3 Å². The van der Waals surface area contributed by atoms with E-state index in [4.69, 9.17) is 0 Å². The summed E-state index contributed by atoms with van der Waals surface area (Å²) >= 11 is 0.884. The maximum Gasteiger partial charge on any atom is 0.418 e. The molecule has 37 heavy (non-hydrogen) atoms. The second kappa shape index (κ2) is 9.81. The molecule has 12 heteroatoms. The van der Waals surface area contributed by atoms with Crippen LogP contribution in [-0.2, 0) is 17.5 Å². The highest BCUT2D eigenvalue weighted by molar-refractivity contribution is 7.20. The first-order chi connectivity index (χ1) is 17.3. The number of carbonyl (C=O) groups is 2. The number of amides is 2. The summed E-state index contributed by atoms with van der Waals surface area (Å²) in [5.74, 6) is -0.799. The molecule has 1 aliphatic rings. The predicted molar refractivity (Wildman–Crippen MR) is 134 cm³/mol. The van der Waals surface area contributed by atoms with Crippen molar-refractivity contribution >= 4 is 33.4 Å². The summed E-state index contributed by atoms with van der Waals surface area (Å²) in [5, 5.41) is -0.0636. The Morgan fingerprint density at radius 1 is 1.14 bits per heavy atom. The lowest BCUT2D eigenvalue weighted by molar-refractivity contribution is -0.137. The van der Waals surface area contributed by atoms with Crippen LogP contribution in [0, 0.1) is 6.92 Å². The second-order valence-corrected chi connectivity index (χ2v) is 10.4. The number of likely N-dealkylation sites (tertiary alicyclic amines) is 1. The Morgan fingerprint density at radius 2 is 1.81 bits per heavy atom. The SMILES string of the molecule is Cc1c(C(=O)N(C)C)sc2c1c(=O)n(-c1ccccc1C(F)(F)F)c(=O)n2CC(=O)N1CCCC[C@H]1C. The first-order valence-corrected chi connectivity index (χ1v) is 12.6. The van der Waals surface area contributed by atoms with Gasteiger partial charge >= 0.3 is 11.9 Å². The third-order valence-electron chi connectivity index (χ3n) is 6.68. The van der Waals surface area contributed by atoms with Gasteiger partial charge in [0.05, 0.1) is 21.5 Å². The number of thiophene rings is 1. The summed E-state index contributed by atoms with van der Waals surface area (Å²) in [7, 11) is 3.05. The van der Waals surface area contributed by atoms with Crippen LogP contribution in [0.25, 0.3) is 15.9 Å². The van der Waals surface area contributed by atoms with Gasteiger partial charge in [0.1, 0.15) is 11.4 Å². The number of nitrogens with zero attached hydrogens (tertiary/aromatic N) is 4. The van der Waals surface area contributed by atoms with Gasteiger partial charge in [-0.1, -0.05) is 12.1 Å². The van der Waals surface area contributed by atoms with E-state index in [1.165, 1.54) is 38.1 Å². The molecule has 3 aromatic rings. The molecule has 0 unspecified atom stereocenters. The molecule has 0 spiro atoms. The normalized spacial score (nSPS) is 16.3. The summed E-state index contributed by atoms with van der Waals surface area (Å²) in [6.45, 7) is 3.45. The summed E-state index contributed by atoms with van der Waals surface area (Å²) in [6, 6.07) is 4.24. The van der Waals surface area contributed by atoms with E-state index in [2.05, 4.69) is 0 Å². The van der Waals surface area contributed by atoms with Gasteiger partial charge in [-0.25, -0.2) is 9.36 Å². The van der Waals surface area contributed by atoms with Crippen molar-refractivity contribution in [2.24, 2.45) is 0 Å². The molecule has 0 radical (unpaired) electrons. The number of piperidine rings is 1. The number of benzene rings is 1. The summed E-state index contributed by atoms with van der Waals surface area (Å²) in [6.07, 6.45) is -2.27. The molecular formula is C25H27F3N4O4S. The van der Waals surface area contributed by atoms with Gasteiger partial charge in [0.15, 0.2) is 0 Å². The van der Waals surface area contributed by atoms with Crippen molar-refractivity contribution in [1.29, 1.82) is 0 Å². The Hall–Kier alpha value is -3.41. The molecule has 198 valence electrons. The fourth-order valence-electron chi connectivity index (χ4n) is 4.71. The van der Waals surface area contributed by atoms with Crippen molar-refractivity contribution in [3.8, 4) is 5.69 Å². The maximum atomic E-state index is 13.9. The van der Waals surface area contributed by atoms with Crippen LogP contribution in [0.4, 0.5) is 13.2 Å². The van der Waals surface area contributed by atoms with Crippen molar-refractivity contribution in [2.45, 2.75) is 51.9 Å². The van der Waals surface area contributed by atoms with E-state index >= 15 is 0 Å². The smallest absolute Gasteiger partial charge is 0.344 e. The molecule has 2 amide bonds. The lowest BCUT2D eigenvalue weighted by Crippen LogP contribution is -2.46. The molecule has 2 aromatic heterocycles. The van der Waals surface area contributed by atoms with Gasteiger partial charge in [0.2, 0.25) is 5.91 Å². The topological polar surface area (TPSA) is 84.6 Å². The highest BCUT2D eigenvalue weighted by Crippen LogP contribution is 2.34. The first kappa shape index (κ1) is 26.6. The number of rotatable bonds is 4. The van der Waals surface area contributed by atoms with Crippen LogP contribution in [-0.4, -0.2) is 57.4 Å². The Bertz CT molecular complexity index is 1500. The average Bonchev–Trinajstić information content (AvgIpc) is 3.18. The van der Waals surface area contributed by atoms with Crippen molar-refractivity contribution in [3.05, 3.63) is 61.1 Å². The number of aryl methyl sites for hydroxylation is 1. The van der Waals surface area contributed by atoms with Gasteiger partial charge in [-0.3, -0.25) is 19.0 Å². The average molecular weight is 537 g/mol. The molecular weight excluding hydrogens is 509 g/mol. The van der Waals surface area contributed by atoms with Crippen LogP contribution in [0.15, 0.2) is 33.9 Å². The zero-order valence-corrected chi connectivity index (χ0v) is 21.7. The van der Waals surface area contributed by atoms with E-state index in [1.54, 1.807) is 4.90 Å². The third kappa shape index (κ3) is 4.70. The van der Waals surface area contributed by atoms with E-state index < -0.39 is 41.1 Å². The van der Waals surface area contributed by atoms with Crippen LogP contribution in [0.3, 0.4) is 0 Å². The largest absolute Gasteiger partial charge is 0.418 e. The Morgan fingerprint density at radius 3 is 2.43 bits per heavy atom. The number of fused-ring (bicyclic) bond motifs is 1. The molecule has 8 nitrogen and oxygen atoms in total. The number of halogens is 3. The number of para-hydroxylation sites is 1. The number of alkyl halides is 3. The number of carbonyl (C=O) groups excluding carboxylic acids is 2.